The molecule has 3 nitrogen and oxygen atoms in total. The second kappa shape index (κ2) is 6.41. The van der Waals surface area contributed by atoms with E-state index in [-0.39, 0.29) is 6.04 Å². The van der Waals surface area contributed by atoms with Crippen molar-refractivity contribution in [1.82, 2.24) is 9.78 Å². The van der Waals surface area contributed by atoms with E-state index < -0.39 is 0 Å². The number of nitrogens with zero attached hydrogens (tertiary/aromatic N) is 2. The number of rotatable bonds is 5. The van der Waals surface area contributed by atoms with Gasteiger partial charge in [-0.1, -0.05) is 22.0 Å². The number of hydrogen-bond donors (Lipinski definition) is 1. The minimum atomic E-state index is 0.0225. The fraction of sp³-hybridized carbons (Fsp3) is 0.308. The van der Waals surface area contributed by atoms with Crippen LogP contribution in [0.5, 0.6) is 0 Å². The molecule has 5 heteroatoms. The van der Waals surface area contributed by atoms with E-state index in [2.05, 4.69) is 40.1 Å². The van der Waals surface area contributed by atoms with Crippen LogP contribution in [-0.4, -0.2) is 15.5 Å². The van der Waals surface area contributed by atoms with Crippen molar-refractivity contribution in [2.45, 2.75) is 24.4 Å². The summed E-state index contributed by atoms with van der Waals surface area (Å²) in [7, 11) is 0. The largest absolute Gasteiger partial charge is 0.323 e. The van der Waals surface area contributed by atoms with Crippen molar-refractivity contribution in [1.29, 1.82) is 0 Å². The fourth-order valence-corrected chi connectivity index (χ4v) is 3.08. The summed E-state index contributed by atoms with van der Waals surface area (Å²) < 4.78 is 3.00. The van der Waals surface area contributed by atoms with E-state index in [9.17, 15) is 0 Å². The molecular weight excluding hydrogens is 310 g/mol. The Labute approximate surface area is 120 Å². The van der Waals surface area contributed by atoms with E-state index in [1.807, 2.05) is 29.2 Å². The summed E-state index contributed by atoms with van der Waals surface area (Å²) >= 11 is 5.23. The van der Waals surface area contributed by atoms with Gasteiger partial charge < -0.3 is 5.73 Å². The van der Waals surface area contributed by atoms with E-state index in [0.29, 0.717) is 0 Å². The maximum atomic E-state index is 6.16. The first-order valence-electron chi connectivity index (χ1n) is 5.85. The van der Waals surface area contributed by atoms with Gasteiger partial charge in [0.1, 0.15) is 0 Å². The van der Waals surface area contributed by atoms with Crippen molar-refractivity contribution >= 4 is 27.7 Å². The smallest absolute Gasteiger partial charge is 0.0537 e. The maximum absolute atomic E-state index is 6.16. The molecule has 2 rings (SSSR count). The van der Waals surface area contributed by atoms with Gasteiger partial charge in [0.05, 0.1) is 6.20 Å². The lowest BCUT2D eigenvalue weighted by Gasteiger charge is -2.09. The third-order valence-corrected chi connectivity index (χ3v) is 4.24. The molecule has 18 heavy (non-hydrogen) atoms. The third kappa shape index (κ3) is 3.60. The van der Waals surface area contributed by atoms with Crippen molar-refractivity contribution in [3.63, 3.8) is 0 Å². The number of aromatic nitrogens is 2. The van der Waals surface area contributed by atoms with Gasteiger partial charge in [-0.15, -0.1) is 11.8 Å². The quantitative estimate of drug-likeness (QED) is 0.856. The Bertz CT molecular complexity index is 512. The minimum absolute atomic E-state index is 0.0225. The lowest BCUT2D eigenvalue weighted by molar-refractivity contribution is 0.658. The molecule has 2 aromatic rings. The third-order valence-electron chi connectivity index (χ3n) is 2.63. The lowest BCUT2D eigenvalue weighted by Crippen LogP contribution is -2.12. The molecule has 1 atom stereocenters. The monoisotopic (exact) mass is 325 g/mol. The van der Waals surface area contributed by atoms with Crippen LogP contribution in [0.2, 0.25) is 0 Å². The Morgan fingerprint density at radius 3 is 3.00 bits per heavy atom. The molecule has 1 unspecified atom stereocenters. The summed E-state index contributed by atoms with van der Waals surface area (Å²) in [5, 5.41) is 4.24. The summed E-state index contributed by atoms with van der Waals surface area (Å²) in [6.07, 6.45) is 3.88. The number of thioether (sulfide) groups is 1. The van der Waals surface area contributed by atoms with Gasteiger partial charge in [-0.3, -0.25) is 4.68 Å². The predicted molar refractivity (Wildman–Crippen MR) is 79.7 cm³/mol. The molecule has 0 saturated heterocycles. The standard InChI is InChI=1S/C13H16BrN3S/c1-2-17-8-10(7-16-17)13(15)9-18-12-5-3-4-11(14)6-12/h3-8,13H,2,9,15H2,1H3. The van der Waals surface area contributed by atoms with Gasteiger partial charge in [-0.25, -0.2) is 0 Å². The van der Waals surface area contributed by atoms with E-state index >= 15 is 0 Å². The van der Waals surface area contributed by atoms with E-state index in [4.69, 9.17) is 5.73 Å². The fourth-order valence-electron chi connectivity index (χ4n) is 1.58. The first-order valence-corrected chi connectivity index (χ1v) is 7.63. The van der Waals surface area contributed by atoms with Crippen molar-refractivity contribution in [3.8, 4) is 0 Å². The molecular formula is C13H16BrN3S. The lowest BCUT2D eigenvalue weighted by atomic mass is 10.2. The molecule has 1 aromatic heterocycles. The maximum Gasteiger partial charge on any atom is 0.0537 e. The molecule has 2 N–H and O–H groups in total. The van der Waals surface area contributed by atoms with Crippen molar-refractivity contribution in [2.75, 3.05) is 5.75 Å². The number of halogens is 1. The first-order chi connectivity index (χ1) is 8.69. The van der Waals surface area contributed by atoms with Gasteiger partial charge in [0.25, 0.3) is 0 Å². The normalized spacial score (nSPS) is 12.6. The zero-order chi connectivity index (χ0) is 13.0. The van der Waals surface area contributed by atoms with Crippen LogP contribution < -0.4 is 5.73 Å². The zero-order valence-corrected chi connectivity index (χ0v) is 12.6. The molecule has 0 spiro atoms. The zero-order valence-electron chi connectivity index (χ0n) is 10.2. The molecule has 0 aliphatic carbocycles. The van der Waals surface area contributed by atoms with Gasteiger partial charge in [-0.2, -0.15) is 5.10 Å². The molecule has 0 fully saturated rings. The van der Waals surface area contributed by atoms with Crippen LogP contribution in [-0.2, 0) is 6.54 Å². The molecule has 0 radical (unpaired) electrons. The van der Waals surface area contributed by atoms with E-state index in [1.165, 1.54) is 4.90 Å². The highest BCUT2D eigenvalue weighted by Crippen LogP contribution is 2.25. The van der Waals surface area contributed by atoms with Crippen LogP contribution in [0.4, 0.5) is 0 Å². The van der Waals surface area contributed by atoms with Crippen LogP contribution in [0.3, 0.4) is 0 Å². The van der Waals surface area contributed by atoms with E-state index in [0.717, 1.165) is 22.3 Å². The van der Waals surface area contributed by atoms with Crippen molar-refractivity contribution in [2.24, 2.45) is 5.73 Å². The van der Waals surface area contributed by atoms with Crippen LogP contribution in [0.25, 0.3) is 0 Å². The Kier molecular flexibility index (Phi) is 4.86. The highest BCUT2D eigenvalue weighted by molar-refractivity contribution is 9.10. The Balaban J connectivity index is 1.93. The summed E-state index contributed by atoms with van der Waals surface area (Å²) in [4.78, 5) is 1.22. The van der Waals surface area contributed by atoms with Crippen LogP contribution in [0.15, 0.2) is 46.0 Å². The van der Waals surface area contributed by atoms with Crippen molar-refractivity contribution < 1.29 is 0 Å². The molecule has 0 bridgehead atoms. The van der Waals surface area contributed by atoms with Gasteiger partial charge in [0.15, 0.2) is 0 Å². The molecule has 0 saturated carbocycles. The SMILES string of the molecule is CCn1cc(C(N)CSc2cccc(Br)c2)cn1. The summed E-state index contributed by atoms with van der Waals surface area (Å²) in [5.74, 6) is 0.853. The summed E-state index contributed by atoms with van der Waals surface area (Å²) in [6.45, 7) is 2.95. The number of benzene rings is 1. The number of aryl methyl sites for hydroxylation is 1. The van der Waals surface area contributed by atoms with Gasteiger partial charge in [0, 0.05) is 39.5 Å². The van der Waals surface area contributed by atoms with Crippen LogP contribution >= 0.6 is 27.7 Å². The molecule has 0 amide bonds. The predicted octanol–water partition coefficient (Wildman–Crippen LogP) is 3.46. The molecule has 0 aliphatic rings. The highest BCUT2D eigenvalue weighted by Gasteiger charge is 2.09. The number of hydrogen-bond acceptors (Lipinski definition) is 3. The van der Waals surface area contributed by atoms with Crippen molar-refractivity contribution in [3.05, 3.63) is 46.7 Å². The Hall–Kier alpha value is -0.780. The van der Waals surface area contributed by atoms with E-state index in [1.54, 1.807) is 11.8 Å². The molecule has 1 heterocycles. The Morgan fingerprint density at radius 2 is 2.33 bits per heavy atom. The second-order valence-electron chi connectivity index (χ2n) is 4.00. The highest BCUT2D eigenvalue weighted by atomic mass is 79.9. The summed E-state index contributed by atoms with van der Waals surface area (Å²) in [6, 6.07) is 8.28. The summed E-state index contributed by atoms with van der Waals surface area (Å²) in [5.41, 5.74) is 7.26. The van der Waals surface area contributed by atoms with Gasteiger partial charge >= 0.3 is 0 Å². The molecule has 96 valence electrons. The first kappa shape index (κ1) is 13.6. The van der Waals surface area contributed by atoms with Gasteiger partial charge in [0.2, 0.25) is 0 Å². The second-order valence-corrected chi connectivity index (χ2v) is 6.01. The topological polar surface area (TPSA) is 43.8 Å². The average molecular weight is 326 g/mol. The van der Waals surface area contributed by atoms with Crippen LogP contribution in [0, 0.1) is 0 Å². The average Bonchev–Trinajstić information content (AvgIpc) is 2.85. The Morgan fingerprint density at radius 1 is 1.50 bits per heavy atom. The molecule has 0 aliphatic heterocycles. The minimum Gasteiger partial charge on any atom is -0.323 e. The van der Waals surface area contributed by atoms with Gasteiger partial charge in [-0.05, 0) is 25.1 Å². The van der Waals surface area contributed by atoms with Crippen LogP contribution in [0.1, 0.15) is 18.5 Å². The number of nitrogens with two attached hydrogens (primary N) is 1. The molecule has 1 aromatic carbocycles.